The summed E-state index contributed by atoms with van der Waals surface area (Å²) in [5.41, 5.74) is 1.99. The third-order valence-corrected chi connectivity index (χ3v) is 3.15. The topological polar surface area (TPSA) is 41.1 Å². The van der Waals surface area contributed by atoms with E-state index in [2.05, 4.69) is 26.6 Å². The maximum Gasteiger partial charge on any atom is 0.225 e. The number of amides is 1. The molecular weight excluding hydrogens is 280 g/mol. The van der Waals surface area contributed by atoms with Crippen molar-refractivity contribution in [3.05, 3.63) is 28.2 Å². The number of halogens is 1. The monoisotopic (exact) mass is 296 g/mol. The van der Waals surface area contributed by atoms with Crippen LogP contribution in [-0.2, 0) is 4.79 Å². The van der Waals surface area contributed by atoms with Crippen LogP contribution in [0.4, 0.5) is 5.69 Å². The van der Waals surface area contributed by atoms with E-state index >= 15 is 0 Å². The summed E-state index contributed by atoms with van der Waals surface area (Å²) in [6, 6.07) is 6.57. The molecule has 0 aliphatic heterocycles. The summed E-state index contributed by atoms with van der Waals surface area (Å²) in [6.07, 6.45) is 3.04. The maximum absolute atomic E-state index is 11.7. The lowest BCUT2D eigenvalue weighted by Crippen LogP contribution is -2.23. The third kappa shape index (κ3) is 4.48. The zero-order chi connectivity index (χ0) is 12.3. The Morgan fingerprint density at radius 1 is 1.41 bits per heavy atom. The minimum absolute atomic E-state index is 0.0654. The number of hydrogen-bond donors (Lipinski definition) is 2. The highest BCUT2D eigenvalue weighted by Crippen LogP contribution is 2.20. The zero-order valence-electron chi connectivity index (χ0n) is 9.92. The van der Waals surface area contributed by atoms with E-state index < -0.39 is 0 Å². The second-order valence-electron chi connectivity index (χ2n) is 4.54. The number of aryl methyl sites for hydroxylation is 1. The first-order chi connectivity index (χ1) is 8.13. The van der Waals surface area contributed by atoms with Crippen LogP contribution in [0.1, 0.15) is 24.8 Å². The average Bonchev–Trinajstić information content (AvgIpc) is 2.99. The molecule has 92 valence electrons. The Balaban J connectivity index is 1.79. The summed E-state index contributed by atoms with van der Waals surface area (Å²) in [4.78, 5) is 11.7. The van der Waals surface area contributed by atoms with E-state index in [9.17, 15) is 4.79 Å². The first-order valence-electron chi connectivity index (χ1n) is 5.94. The van der Waals surface area contributed by atoms with Gasteiger partial charge in [-0.1, -0.05) is 15.9 Å². The van der Waals surface area contributed by atoms with Gasteiger partial charge in [-0.05, 0) is 43.5 Å². The van der Waals surface area contributed by atoms with Crippen molar-refractivity contribution in [3.63, 3.8) is 0 Å². The van der Waals surface area contributed by atoms with Crippen LogP contribution in [0.2, 0.25) is 0 Å². The predicted molar refractivity (Wildman–Crippen MR) is 73.2 cm³/mol. The number of carbonyl (C=O) groups excluding carboxylic acids is 1. The van der Waals surface area contributed by atoms with E-state index in [1.165, 1.54) is 12.8 Å². The van der Waals surface area contributed by atoms with E-state index in [4.69, 9.17) is 0 Å². The molecule has 0 bridgehead atoms. The van der Waals surface area contributed by atoms with E-state index in [0.29, 0.717) is 12.5 Å². The smallest absolute Gasteiger partial charge is 0.225 e. The highest BCUT2D eigenvalue weighted by atomic mass is 79.9. The van der Waals surface area contributed by atoms with Crippen molar-refractivity contribution in [2.75, 3.05) is 11.9 Å². The molecule has 0 unspecified atom stereocenters. The van der Waals surface area contributed by atoms with Gasteiger partial charge < -0.3 is 10.6 Å². The normalized spacial score (nSPS) is 14.7. The summed E-state index contributed by atoms with van der Waals surface area (Å²) in [7, 11) is 0. The van der Waals surface area contributed by atoms with Crippen LogP contribution in [0, 0.1) is 6.92 Å². The average molecular weight is 297 g/mol. The van der Waals surface area contributed by atoms with Gasteiger partial charge in [0.2, 0.25) is 5.91 Å². The lowest BCUT2D eigenvalue weighted by atomic mass is 10.2. The Hall–Kier alpha value is -0.870. The number of carbonyl (C=O) groups is 1. The van der Waals surface area contributed by atoms with Crippen molar-refractivity contribution in [2.24, 2.45) is 0 Å². The van der Waals surface area contributed by atoms with Crippen LogP contribution in [-0.4, -0.2) is 18.5 Å². The summed E-state index contributed by atoms with van der Waals surface area (Å²) in [5, 5.41) is 6.23. The van der Waals surface area contributed by atoms with Crippen LogP contribution in [0.5, 0.6) is 0 Å². The van der Waals surface area contributed by atoms with Crippen molar-refractivity contribution in [1.29, 1.82) is 0 Å². The molecule has 0 radical (unpaired) electrons. The molecule has 1 amide bonds. The van der Waals surface area contributed by atoms with Gasteiger partial charge in [0.15, 0.2) is 0 Å². The van der Waals surface area contributed by atoms with Crippen LogP contribution >= 0.6 is 15.9 Å². The van der Waals surface area contributed by atoms with Gasteiger partial charge in [-0.25, -0.2) is 0 Å². The molecule has 0 heterocycles. The highest BCUT2D eigenvalue weighted by molar-refractivity contribution is 9.10. The lowest BCUT2D eigenvalue weighted by Gasteiger charge is -2.07. The van der Waals surface area contributed by atoms with Crippen molar-refractivity contribution in [3.8, 4) is 0 Å². The van der Waals surface area contributed by atoms with Gasteiger partial charge in [-0.2, -0.15) is 0 Å². The molecule has 2 N–H and O–H groups in total. The minimum atomic E-state index is 0.0654. The van der Waals surface area contributed by atoms with Gasteiger partial charge in [0, 0.05) is 29.2 Å². The minimum Gasteiger partial charge on any atom is -0.326 e. The van der Waals surface area contributed by atoms with E-state index in [-0.39, 0.29) is 5.91 Å². The first kappa shape index (κ1) is 12.6. The van der Waals surface area contributed by atoms with Crippen LogP contribution in [0.3, 0.4) is 0 Å². The molecule has 0 spiro atoms. The fourth-order valence-corrected chi connectivity index (χ4v) is 2.32. The number of anilines is 1. The van der Waals surface area contributed by atoms with Gasteiger partial charge in [-0.3, -0.25) is 4.79 Å². The Labute approximate surface area is 110 Å². The molecule has 3 nitrogen and oxygen atoms in total. The largest absolute Gasteiger partial charge is 0.326 e. The van der Waals surface area contributed by atoms with Crippen molar-refractivity contribution < 1.29 is 4.79 Å². The Bertz CT molecular complexity index is 396. The summed E-state index contributed by atoms with van der Waals surface area (Å²) >= 11 is 3.42. The van der Waals surface area contributed by atoms with Crippen LogP contribution < -0.4 is 10.6 Å². The molecule has 4 heteroatoms. The van der Waals surface area contributed by atoms with E-state index in [0.717, 1.165) is 22.3 Å². The maximum atomic E-state index is 11.7. The van der Waals surface area contributed by atoms with Gasteiger partial charge >= 0.3 is 0 Å². The Morgan fingerprint density at radius 3 is 2.82 bits per heavy atom. The zero-order valence-corrected chi connectivity index (χ0v) is 11.5. The summed E-state index contributed by atoms with van der Waals surface area (Å²) < 4.78 is 0.990. The Morgan fingerprint density at radius 2 is 2.18 bits per heavy atom. The number of rotatable bonds is 5. The fraction of sp³-hybridized carbons (Fsp3) is 0.462. The lowest BCUT2D eigenvalue weighted by molar-refractivity contribution is -0.116. The molecule has 1 aromatic rings. The van der Waals surface area contributed by atoms with Gasteiger partial charge in [0.1, 0.15) is 0 Å². The molecule has 1 saturated carbocycles. The molecule has 1 fully saturated rings. The number of hydrogen-bond acceptors (Lipinski definition) is 2. The number of nitrogens with one attached hydrogen (secondary N) is 2. The summed E-state index contributed by atoms with van der Waals surface area (Å²) in [6.45, 7) is 2.78. The molecule has 1 aromatic carbocycles. The van der Waals surface area contributed by atoms with Crippen LogP contribution in [0.15, 0.2) is 22.7 Å². The van der Waals surface area contributed by atoms with Gasteiger partial charge in [-0.15, -0.1) is 0 Å². The standard InChI is InChI=1S/C13H17BrN2O/c1-9-6-10(14)8-12(7-9)16-13(17)4-5-15-11-2-3-11/h6-8,11,15H,2-5H2,1H3,(H,16,17). The molecule has 2 rings (SSSR count). The molecule has 1 aliphatic carbocycles. The first-order valence-corrected chi connectivity index (χ1v) is 6.73. The molecule has 0 saturated heterocycles. The molecule has 1 aliphatic rings. The Kier molecular flexibility index (Phi) is 4.18. The quantitative estimate of drug-likeness (QED) is 0.877. The second kappa shape index (κ2) is 5.65. The predicted octanol–water partition coefficient (Wildman–Crippen LogP) is 2.84. The number of benzene rings is 1. The van der Waals surface area contributed by atoms with Gasteiger partial charge in [0.25, 0.3) is 0 Å². The van der Waals surface area contributed by atoms with Crippen molar-refractivity contribution in [2.45, 2.75) is 32.2 Å². The molecule has 17 heavy (non-hydrogen) atoms. The molecular formula is C13H17BrN2O. The third-order valence-electron chi connectivity index (χ3n) is 2.69. The second-order valence-corrected chi connectivity index (χ2v) is 5.46. The SMILES string of the molecule is Cc1cc(Br)cc(NC(=O)CCNC2CC2)c1. The summed E-state index contributed by atoms with van der Waals surface area (Å²) in [5.74, 6) is 0.0654. The van der Waals surface area contributed by atoms with Gasteiger partial charge in [0.05, 0.1) is 0 Å². The fourth-order valence-electron chi connectivity index (χ4n) is 1.71. The molecule has 0 atom stereocenters. The molecule has 0 aromatic heterocycles. The highest BCUT2D eigenvalue weighted by Gasteiger charge is 2.20. The van der Waals surface area contributed by atoms with E-state index in [1.54, 1.807) is 0 Å². The van der Waals surface area contributed by atoms with Crippen LogP contribution in [0.25, 0.3) is 0 Å². The van der Waals surface area contributed by atoms with Crippen molar-refractivity contribution >= 4 is 27.5 Å². The van der Waals surface area contributed by atoms with E-state index in [1.807, 2.05) is 25.1 Å². The van der Waals surface area contributed by atoms with Crippen molar-refractivity contribution in [1.82, 2.24) is 5.32 Å².